The summed E-state index contributed by atoms with van der Waals surface area (Å²) in [5.74, 6) is 0.529. The maximum Gasteiger partial charge on any atom is 0.260 e. The van der Waals surface area contributed by atoms with Crippen molar-refractivity contribution in [2.45, 2.75) is 13.3 Å². The van der Waals surface area contributed by atoms with E-state index in [9.17, 15) is 9.59 Å². The quantitative estimate of drug-likeness (QED) is 0.856. The predicted molar refractivity (Wildman–Crippen MR) is 83.3 cm³/mol. The number of nitrogens with zero attached hydrogens (tertiary/aromatic N) is 1. The molecular formula is C15H21ClN2O3. The first kappa shape index (κ1) is 17.5. The lowest BCUT2D eigenvalue weighted by Crippen LogP contribution is -2.37. The third kappa shape index (κ3) is 5.36. The number of rotatable bonds is 4. The number of benzene rings is 1. The molecule has 1 amide bonds. The van der Waals surface area contributed by atoms with E-state index in [0.717, 1.165) is 32.6 Å². The molecule has 1 saturated heterocycles. The molecule has 1 aliphatic heterocycles. The van der Waals surface area contributed by atoms with E-state index in [2.05, 4.69) is 5.32 Å². The van der Waals surface area contributed by atoms with E-state index in [0.29, 0.717) is 11.3 Å². The lowest BCUT2D eigenvalue weighted by molar-refractivity contribution is -0.133. The van der Waals surface area contributed by atoms with E-state index >= 15 is 0 Å². The van der Waals surface area contributed by atoms with Crippen LogP contribution in [-0.4, -0.2) is 49.4 Å². The number of amides is 1. The summed E-state index contributed by atoms with van der Waals surface area (Å²) in [6.07, 6.45) is 0.964. The number of carbonyl (C=O) groups excluding carboxylic acids is 2. The highest BCUT2D eigenvalue weighted by atomic mass is 35.5. The number of halogens is 1. The Labute approximate surface area is 131 Å². The fourth-order valence-electron chi connectivity index (χ4n) is 2.14. The average molecular weight is 313 g/mol. The molecule has 1 N–H and O–H groups in total. The van der Waals surface area contributed by atoms with Gasteiger partial charge in [0.05, 0.1) is 0 Å². The van der Waals surface area contributed by atoms with Crippen LogP contribution in [0, 0.1) is 0 Å². The van der Waals surface area contributed by atoms with Gasteiger partial charge in [-0.05, 0) is 32.0 Å². The van der Waals surface area contributed by atoms with Crippen molar-refractivity contribution in [2.24, 2.45) is 0 Å². The van der Waals surface area contributed by atoms with Crippen LogP contribution in [0.3, 0.4) is 0 Å². The van der Waals surface area contributed by atoms with Gasteiger partial charge in [0.25, 0.3) is 5.91 Å². The monoisotopic (exact) mass is 312 g/mol. The summed E-state index contributed by atoms with van der Waals surface area (Å²) in [4.78, 5) is 25.1. The van der Waals surface area contributed by atoms with Crippen LogP contribution in [0.5, 0.6) is 5.75 Å². The summed E-state index contributed by atoms with van der Waals surface area (Å²) in [5.41, 5.74) is 0.592. The number of nitrogens with one attached hydrogen (secondary N) is 1. The molecule has 0 spiro atoms. The summed E-state index contributed by atoms with van der Waals surface area (Å²) < 4.78 is 5.49. The zero-order chi connectivity index (χ0) is 14.4. The van der Waals surface area contributed by atoms with Gasteiger partial charge in [0, 0.05) is 25.2 Å². The van der Waals surface area contributed by atoms with E-state index in [1.54, 1.807) is 24.3 Å². The average Bonchev–Trinajstić information content (AvgIpc) is 2.74. The SMILES string of the molecule is CC(=O)c1cccc(OCC(=O)N2CCCNCC2)c1.Cl. The minimum absolute atomic E-state index is 0. The highest BCUT2D eigenvalue weighted by Crippen LogP contribution is 2.14. The van der Waals surface area contributed by atoms with Crippen molar-refractivity contribution in [2.75, 3.05) is 32.8 Å². The van der Waals surface area contributed by atoms with Gasteiger partial charge in [-0.15, -0.1) is 12.4 Å². The van der Waals surface area contributed by atoms with Crippen molar-refractivity contribution in [3.8, 4) is 5.75 Å². The maximum atomic E-state index is 12.0. The van der Waals surface area contributed by atoms with E-state index in [1.165, 1.54) is 6.92 Å². The standard InChI is InChI=1S/C15H20N2O3.ClH/c1-12(18)13-4-2-5-14(10-13)20-11-15(19)17-8-3-6-16-7-9-17;/h2,4-5,10,16H,3,6-9,11H2,1H3;1H. The summed E-state index contributed by atoms with van der Waals surface area (Å²) >= 11 is 0. The second-order valence-corrected chi connectivity index (χ2v) is 4.86. The van der Waals surface area contributed by atoms with Gasteiger partial charge in [-0.3, -0.25) is 9.59 Å². The third-order valence-electron chi connectivity index (χ3n) is 3.30. The minimum atomic E-state index is -0.0135. The van der Waals surface area contributed by atoms with Crippen molar-refractivity contribution in [1.29, 1.82) is 0 Å². The summed E-state index contributed by atoms with van der Waals surface area (Å²) in [6, 6.07) is 6.91. The molecule has 5 nitrogen and oxygen atoms in total. The Morgan fingerprint density at radius 1 is 1.29 bits per heavy atom. The van der Waals surface area contributed by atoms with Crippen LogP contribution in [0.15, 0.2) is 24.3 Å². The molecule has 116 valence electrons. The molecule has 0 aromatic heterocycles. The van der Waals surface area contributed by atoms with E-state index in [1.807, 2.05) is 4.90 Å². The number of hydrogen-bond donors (Lipinski definition) is 1. The van der Waals surface area contributed by atoms with Crippen molar-refractivity contribution in [1.82, 2.24) is 10.2 Å². The zero-order valence-electron chi connectivity index (χ0n) is 12.1. The molecule has 1 fully saturated rings. The van der Waals surface area contributed by atoms with Gasteiger partial charge >= 0.3 is 0 Å². The number of ketones is 1. The number of Topliss-reactive ketones (excluding diaryl/α,β-unsaturated/α-hetero) is 1. The van der Waals surface area contributed by atoms with Gasteiger partial charge < -0.3 is 15.0 Å². The molecule has 0 unspecified atom stereocenters. The minimum Gasteiger partial charge on any atom is -0.484 e. The zero-order valence-corrected chi connectivity index (χ0v) is 12.9. The first-order valence-electron chi connectivity index (χ1n) is 6.89. The second kappa shape index (κ2) is 8.64. The van der Waals surface area contributed by atoms with Crippen LogP contribution in [-0.2, 0) is 4.79 Å². The molecule has 0 aliphatic carbocycles. The van der Waals surface area contributed by atoms with E-state index < -0.39 is 0 Å². The highest BCUT2D eigenvalue weighted by Gasteiger charge is 2.15. The smallest absolute Gasteiger partial charge is 0.260 e. The molecule has 1 aromatic rings. The van der Waals surface area contributed by atoms with Crippen molar-refractivity contribution >= 4 is 24.1 Å². The molecule has 0 bridgehead atoms. The first-order valence-corrected chi connectivity index (χ1v) is 6.89. The van der Waals surface area contributed by atoms with E-state index in [-0.39, 0.29) is 30.7 Å². The summed E-state index contributed by atoms with van der Waals surface area (Å²) in [6.45, 7) is 4.78. The lowest BCUT2D eigenvalue weighted by atomic mass is 10.1. The molecule has 0 atom stereocenters. The molecule has 1 aliphatic rings. The first-order chi connectivity index (χ1) is 9.66. The fraction of sp³-hybridized carbons (Fsp3) is 0.467. The van der Waals surface area contributed by atoms with Crippen LogP contribution < -0.4 is 10.1 Å². The molecular weight excluding hydrogens is 292 g/mol. The molecule has 0 radical (unpaired) electrons. The Balaban J connectivity index is 0.00000220. The van der Waals surface area contributed by atoms with Crippen LogP contribution in [0.2, 0.25) is 0 Å². The predicted octanol–water partition coefficient (Wildman–Crippen LogP) is 1.51. The van der Waals surface area contributed by atoms with E-state index in [4.69, 9.17) is 4.74 Å². The van der Waals surface area contributed by atoms with Gasteiger partial charge in [0.1, 0.15) is 5.75 Å². The summed E-state index contributed by atoms with van der Waals surface area (Å²) in [7, 11) is 0. The number of carbonyl (C=O) groups is 2. The molecule has 2 rings (SSSR count). The Hall–Kier alpha value is -1.59. The Bertz CT molecular complexity index is 486. The third-order valence-corrected chi connectivity index (χ3v) is 3.30. The van der Waals surface area contributed by atoms with Crippen LogP contribution in [0.4, 0.5) is 0 Å². The fourth-order valence-corrected chi connectivity index (χ4v) is 2.14. The van der Waals surface area contributed by atoms with Crippen LogP contribution in [0.25, 0.3) is 0 Å². The largest absolute Gasteiger partial charge is 0.484 e. The Kier molecular flexibility index (Phi) is 7.19. The maximum absolute atomic E-state index is 12.0. The second-order valence-electron chi connectivity index (χ2n) is 4.86. The van der Waals surface area contributed by atoms with Gasteiger partial charge in [-0.1, -0.05) is 12.1 Å². The van der Waals surface area contributed by atoms with Crippen molar-refractivity contribution in [3.05, 3.63) is 29.8 Å². The van der Waals surface area contributed by atoms with Gasteiger partial charge in [0.15, 0.2) is 12.4 Å². The Morgan fingerprint density at radius 3 is 2.86 bits per heavy atom. The van der Waals surface area contributed by atoms with Gasteiger partial charge in [0.2, 0.25) is 0 Å². The van der Waals surface area contributed by atoms with Crippen LogP contribution >= 0.6 is 12.4 Å². The topological polar surface area (TPSA) is 58.6 Å². The Morgan fingerprint density at radius 2 is 2.10 bits per heavy atom. The van der Waals surface area contributed by atoms with Crippen molar-refractivity contribution in [3.63, 3.8) is 0 Å². The normalized spacial score (nSPS) is 14.8. The number of hydrogen-bond acceptors (Lipinski definition) is 4. The summed E-state index contributed by atoms with van der Waals surface area (Å²) in [5, 5.41) is 3.25. The molecule has 0 saturated carbocycles. The molecule has 1 aromatic carbocycles. The van der Waals surface area contributed by atoms with Crippen LogP contribution in [0.1, 0.15) is 23.7 Å². The lowest BCUT2D eigenvalue weighted by Gasteiger charge is -2.20. The highest BCUT2D eigenvalue weighted by molar-refractivity contribution is 5.94. The molecule has 1 heterocycles. The molecule has 21 heavy (non-hydrogen) atoms. The number of ether oxygens (including phenoxy) is 1. The van der Waals surface area contributed by atoms with Crippen molar-refractivity contribution < 1.29 is 14.3 Å². The molecule has 6 heteroatoms. The van der Waals surface area contributed by atoms with Gasteiger partial charge in [-0.25, -0.2) is 0 Å². The van der Waals surface area contributed by atoms with Gasteiger partial charge in [-0.2, -0.15) is 0 Å².